The van der Waals surface area contributed by atoms with Crippen LogP contribution in [-0.4, -0.2) is 34.7 Å². The van der Waals surface area contributed by atoms with E-state index in [-0.39, 0.29) is 11.7 Å². The van der Waals surface area contributed by atoms with Crippen molar-refractivity contribution in [2.75, 3.05) is 0 Å². The summed E-state index contributed by atoms with van der Waals surface area (Å²) in [6, 6.07) is 14.9. The van der Waals surface area contributed by atoms with Crippen LogP contribution < -0.4 is 10.4 Å². The number of ether oxygens (including phenoxy) is 1. The lowest BCUT2D eigenvalue weighted by molar-refractivity contribution is 0.0671. The second-order valence-corrected chi connectivity index (χ2v) is 8.76. The third-order valence-electron chi connectivity index (χ3n) is 6.00. The van der Waals surface area contributed by atoms with Crippen molar-refractivity contribution in [3.63, 3.8) is 0 Å². The number of fused-ring (bicyclic) bond motifs is 3. The van der Waals surface area contributed by atoms with Gasteiger partial charge in [0.05, 0.1) is 34.9 Å². The van der Waals surface area contributed by atoms with Gasteiger partial charge >= 0.3 is 5.69 Å². The van der Waals surface area contributed by atoms with Gasteiger partial charge in [-0.2, -0.15) is 10.2 Å². The number of nitrogens with one attached hydrogen (secondary N) is 1. The summed E-state index contributed by atoms with van der Waals surface area (Å²) in [6.07, 6.45) is 3.83. The Bertz CT molecular complexity index is 1650. The number of hydrogen-bond donors (Lipinski definition) is 1. The number of nitrogens with zero attached hydrogens (tertiary/aromatic N) is 6. The number of H-pyrrole nitrogens is 1. The lowest BCUT2D eigenvalue weighted by Crippen LogP contribution is -2.39. The van der Waals surface area contributed by atoms with E-state index in [0.717, 1.165) is 22.3 Å². The molecular formula is C24H19N7O2. The Morgan fingerprint density at radius 3 is 2.91 bits per heavy atom. The van der Waals surface area contributed by atoms with Crippen LogP contribution in [0.15, 0.2) is 59.8 Å². The van der Waals surface area contributed by atoms with Gasteiger partial charge in [-0.25, -0.2) is 14.8 Å². The van der Waals surface area contributed by atoms with Crippen molar-refractivity contribution < 1.29 is 4.74 Å². The van der Waals surface area contributed by atoms with Crippen LogP contribution >= 0.6 is 0 Å². The van der Waals surface area contributed by atoms with E-state index in [2.05, 4.69) is 21.0 Å². The number of imidazole rings is 2. The van der Waals surface area contributed by atoms with E-state index in [4.69, 9.17) is 9.72 Å². The summed E-state index contributed by atoms with van der Waals surface area (Å²) in [5.41, 5.74) is 3.24. The lowest BCUT2D eigenvalue weighted by Gasteiger charge is -2.37. The molecule has 0 fully saturated rings. The molecule has 1 unspecified atom stereocenters. The number of aromatic amines is 1. The normalized spacial score (nSPS) is 16.9. The zero-order valence-electron chi connectivity index (χ0n) is 18.0. The maximum atomic E-state index is 13.1. The zero-order chi connectivity index (χ0) is 22.7. The van der Waals surface area contributed by atoms with E-state index in [0.29, 0.717) is 29.1 Å². The van der Waals surface area contributed by atoms with Crippen molar-refractivity contribution in [1.82, 2.24) is 29.1 Å². The van der Waals surface area contributed by atoms with Gasteiger partial charge in [0, 0.05) is 12.0 Å². The average Bonchev–Trinajstić information content (AvgIpc) is 3.36. The maximum Gasteiger partial charge on any atom is 0.328 e. The Morgan fingerprint density at radius 1 is 1.21 bits per heavy atom. The zero-order valence-corrected chi connectivity index (χ0v) is 18.0. The highest BCUT2D eigenvalue weighted by atomic mass is 16.5. The molecule has 5 aromatic rings. The third kappa shape index (κ3) is 2.99. The molecule has 3 aromatic heterocycles. The molecule has 0 saturated heterocycles. The van der Waals surface area contributed by atoms with Gasteiger partial charge in [-0.1, -0.05) is 18.2 Å². The van der Waals surface area contributed by atoms with Gasteiger partial charge in [0.2, 0.25) is 5.95 Å². The largest absolute Gasteiger partial charge is 0.487 e. The van der Waals surface area contributed by atoms with Crippen molar-refractivity contribution >= 4 is 22.2 Å². The highest BCUT2D eigenvalue weighted by Gasteiger charge is 2.36. The molecule has 2 aromatic carbocycles. The van der Waals surface area contributed by atoms with Crippen LogP contribution in [0.1, 0.15) is 37.4 Å². The summed E-state index contributed by atoms with van der Waals surface area (Å²) in [4.78, 5) is 29.6. The van der Waals surface area contributed by atoms with Crippen molar-refractivity contribution in [3.8, 4) is 17.8 Å². The minimum absolute atomic E-state index is 0.251. The molecule has 0 bridgehead atoms. The standard InChI is InChI=1S/C24H19N7O2/c1-24(2)10-19(15-5-3-4-6-20(15)33-24)31-21-17(28-23(31)32)12-26-22(29-21)30-13-27-16-8-7-14(11-25)9-18(16)30/h3-9,12-13,19H,10H2,1-2H3,(H,28,32). The molecule has 1 aliphatic heterocycles. The van der Waals surface area contributed by atoms with Crippen molar-refractivity contribution in [2.24, 2.45) is 0 Å². The quantitative estimate of drug-likeness (QED) is 0.452. The molecule has 33 heavy (non-hydrogen) atoms. The van der Waals surface area contributed by atoms with Gasteiger partial charge in [-0.15, -0.1) is 0 Å². The number of para-hydroxylation sites is 1. The lowest BCUT2D eigenvalue weighted by atomic mass is 9.89. The maximum absolute atomic E-state index is 13.1. The van der Waals surface area contributed by atoms with Gasteiger partial charge < -0.3 is 9.72 Å². The highest BCUT2D eigenvalue weighted by Crippen LogP contribution is 2.41. The van der Waals surface area contributed by atoms with E-state index in [1.165, 1.54) is 0 Å². The molecule has 162 valence electrons. The fourth-order valence-electron chi connectivity index (χ4n) is 4.54. The summed E-state index contributed by atoms with van der Waals surface area (Å²) in [5.74, 6) is 1.13. The van der Waals surface area contributed by atoms with Crippen LogP contribution in [-0.2, 0) is 0 Å². The molecule has 0 amide bonds. The van der Waals surface area contributed by atoms with Crippen LogP contribution in [0.5, 0.6) is 5.75 Å². The Balaban J connectivity index is 1.56. The molecule has 4 heterocycles. The summed E-state index contributed by atoms with van der Waals surface area (Å²) < 4.78 is 9.56. The minimum atomic E-state index is -0.452. The molecule has 9 heteroatoms. The van der Waals surface area contributed by atoms with Gasteiger partial charge in [0.25, 0.3) is 0 Å². The van der Waals surface area contributed by atoms with Crippen LogP contribution in [0.2, 0.25) is 0 Å². The molecule has 9 nitrogen and oxygen atoms in total. The molecule has 6 rings (SSSR count). The molecule has 0 saturated carbocycles. The second kappa shape index (κ2) is 6.77. The van der Waals surface area contributed by atoms with Crippen LogP contribution in [0.25, 0.3) is 28.1 Å². The molecular weight excluding hydrogens is 418 g/mol. The SMILES string of the molecule is CC1(C)CC(n2c(=O)[nH]c3cnc(-n4cnc5ccc(C#N)cc54)nc32)c2ccccc2O1. The smallest absolute Gasteiger partial charge is 0.328 e. The van der Waals surface area contributed by atoms with Gasteiger partial charge in [-0.3, -0.25) is 9.13 Å². The number of benzene rings is 2. The number of hydrogen-bond acceptors (Lipinski definition) is 6. The van der Waals surface area contributed by atoms with E-state index in [9.17, 15) is 10.1 Å². The number of rotatable bonds is 2. The molecule has 0 aliphatic carbocycles. The van der Waals surface area contributed by atoms with Gasteiger partial charge in [0.1, 0.15) is 23.2 Å². The van der Waals surface area contributed by atoms with E-state index in [1.807, 2.05) is 38.1 Å². The molecule has 1 N–H and O–H groups in total. The average molecular weight is 437 g/mol. The van der Waals surface area contributed by atoms with E-state index in [1.54, 1.807) is 39.9 Å². The van der Waals surface area contributed by atoms with Crippen molar-refractivity contribution in [2.45, 2.75) is 31.9 Å². The monoisotopic (exact) mass is 437 g/mol. The van der Waals surface area contributed by atoms with Crippen LogP contribution in [0.4, 0.5) is 0 Å². The Morgan fingerprint density at radius 2 is 2.06 bits per heavy atom. The second-order valence-electron chi connectivity index (χ2n) is 8.76. The Labute approximate surface area is 187 Å². The van der Waals surface area contributed by atoms with Gasteiger partial charge in [0.15, 0.2) is 5.65 Å². The fraction of sp³-hybridized carbons (Fsp3) is 0.208. The molecule has 0 radical (unpaired) electrons. The predicted molar refractivity (Wildman–Crippen MR) is 121 cm³/mol. The number of aromatic nitrogens is 6. The predicted octanol–water partition coefficient (Wildman–Crippen LogP) is 3.48. The first-order valence-corrected chi connectivity index (χ1v) is 10.6. The minimum Gasteiger partial charge on any atom is -0.487 e. The fourth-order valence-corrected chi connectivity index (χ4v) is 4.54. The highest BCUT2D eigenvalue weighted by molar-refractivity contribution is 5.79. The Kier molecular flexibility index (Phi) is 3.95. The first kappa shape index (κ1) is 19.3. The molecule has 0 spiro atoms. The molecule has 1 aliphatic rings. The third-order valence-corrected chi connectivity index (χ3v) is 6.00. The van der Waals surface area contributed by atoms with Crippen molar-refractivity contribution in [1.29, 1.82) is 5.26 Å². The number of nitriles is 1. The Hall–Kier alpha value is -4.45. The van der Waals surface area contributed by atoms with Crippen LogP contribution in [0.3, 0.4) is 0 Å². The van der Waals surface area contributed by atoms with Gasteiger partial charge in [-0.05, 0) is 38.1 Å². The van der Waals surface area contributed by atoms with Crippen molar-refractivity contribution in [3.05, 3.63) is 76.6 Å². The first-order chi connectivity index (χ1) is 15.9. The summed E-state index contributed by atoms with van der Waals surface area (Å²) in [5, 5.41) is 9.28. The summed E-state index contributed by atoms with van der Waals surface area (Å²) in [6.45, 7) is 4.03. The molecule has 1 atom stereocenters. The first-order valence-electron chi connectivity index (χ1n) is 10.6. The topological polar surface area (TPSA) is 114 Å². The van der Waals surface area contributed by atoms with Crippen LogP contribution in [0, 0.1) is 11.3 Å². The van der Waals surface area contributed by atoms with E-state index >= 15 is 0 Å². The summed E-state index contributed by atoms with van der Waals surface area (Å²) in [7, 11) is 0. The van der Waals surface area contributed by atoms with E-state index < -0.39 is 5.60 Å². The summed E-state index contributed by atoms with van der Waals surface area (Å²) >= 11 is 0.